The Balaban J connectivity index is 2.52. The van der Waals surface area contributed by atoms with E-state index in [9.17, 15) is 4.79 Å². The van der Waals surface area contributed by atoms with Gasteiger partial charge >= 0.3 is 6.09 Å². The van der Waals surface area contributed by atoms with Crippen molar-refractivity contribution in [1.82, 2.24) is 15.5 Å². The van der Waals surface area contributed by atoms with Crippen LogP contribution in [0.25, 0.3) is 0 Å². The van der Waals surface area contributed by atoms with Crippen LogP contribution in [0.4, 0.5) is 10.6 Å². The summed E-state index contributed by atoms with van der Waals surface area (Å²) in [6.07, 6.45) is 3.48. The minimum atomic E-state index is -0.516. The Morgan fingerprint density at radius 3 is 2.80 bits per heavy atom. The van der Waals surface area contributed by atoms with E-state index < -0.39 is 11.7 Å². The number of carbonyl (C=O) groups is 1. The van der Waals surface area contributed by atoms with Gasteiger partial charge in [0, 0.05) is 18.2 Å². The molecule has 0 radical (unpaired) electrons. The SMILES string of the molecule is CCCC(C)NCc1cn[nH]c1NC(=O)OC(C)(C)C. The molecule has 1 heterocycles. The van der Waals surface area contributed by atoms with E-state index >= 15 is 0 Å². The highest BCUT2D eigenvalue weighted by Crippen LogP contribution is 2.14. The molecular weight excluding hydrogens is 256 g/mol. The molecule has 0 fully saturated rings. The summed E-state index contributed by atoms with van der Waals surface area (Å²) >= 11 is 0. The standard InChI is InChI=1S/C14H26N4O2/c1-6-7-10(2)15-8-11-9-16-18-12(11)17-13(19)20-14(3,4)5/h9-10,15H,6-8H2,1-5H3,(H2,16,17,18,19). The lowest BCUT2D eigenvalue weighted by molar-refractivity contribution is 0.0635. The second-order valence-corrected chi connectivity index (χ2v) is 5.97. The van der Waals surface area contributed by atoms with E-state index in [-0.39, 0.29) is 0 Å². The molecule has 1 aromatic rings. The number of ether oxygens (including phenoxy) is 1. The lowest BCUT2D eigenvalue weighted by atomic mass is 10.2. The quantitative estimate of drug-likeness (QED) is 0.749. The van der Waals surface area contributed by atoms with Crippen molar-refractivity contribution < 1.29 is 9.53 Å². The smallest absolute Gasteiger partial charge is 0.413 e. The number of hydrogen-bond acceptors (Lipinski definition) is 4. The van der Waals surface area contributed by atoms with Gasteiger partial charge in [0.2, 0.25) is 0 Å². The molecule has 1 rings (SSSR count). The van der Waals surface area contributed by atoms with Gasteiger partial charge in [-0.3, -0.25) is 10.4 Å². The number of amides is 1. The van der Waals surface area contributed by atoms with Crippen LogP contribution in [0.5, 0.6) is 0 Å². The van der Waals surface area contributed by atoms with Gasteiger partial charge in [0.1, 0.15) is 11.4 Å². The summed E-state index contributed by atoms with van der Waals surface area (Å²) in [7, 11) is 0. The lowest BCUT2D eigenvalue weighted by Crippen LogP contribution is -2.28. The number of aromatic nitrogens is 2. The molecule has 114 valence electrons. The first-order chi connectivity index (χ1) is 9.31. The first-order valence-electron chi connectivity index (χ1n) is 7.07. The van der Waals surface area contributed by atoms with Crippen LogP contribution in [0.3, 0.4) is 0 Å². The minimum Gasteiger partial charge on any atom is -0.444 e. The van der Waals surface area contributed by atoms with E-state index in [2.05, 4.69) is 34.7 Å². The second kappa shape index (κ2) is 7.28. The van der Waals surface area contributed by atoms with Crippen LogP contribution in [-0.4, -0.2) is 27.9 Å². The molecule has 0 saturated carbocycles. The van der Waals surface area contributed by atoms with Gasteiger partial charge in [0.15, 0.2) is 0 Å². The first kappa shape index (κ1) is 16.5. The van der Waals surface area contributed by atoms with Gasteiger partial charge in [-0.05, 0) is 34.1 Å². The molecule has 0 spiro atoms. The number of nitrogens with one attached hydrogen (secondary N) is 3. The molecule has 1 amide bonds. The zero-order chi connectivity index (χ0) is 15.2. The highest BCUT2D eigenvalue weighted by Gasteiger charge is 2.18. The summed E-state index contributed by atoms with van der Waals surface area (Å²) in [5, 5.41) is 12.8. The van der Waals surface area contributed by atoms with Gasteiger partial charge < -0.3 is 10.1 Å². The molecule has 0 aliphatic rings. The predicted octanol–water partition coefficient (Wildman–Crippen LogP) is 3.03. The third-order valence-corrected chi connectivity index (χ3v) is 2.71. The Morgan fingerprint density at radius 1 is 1.50 bits per heavy atom. The van der Waals surface area contributed by atoms with E-state index in [4.69, 9.17) is 4.74 Å². The van der Waals surface area contributed by atoms with Crippen LogP contribution in [0, 0.1) is 0 Å². The maximum atomic E-state index is 11.7. The molecule has 20 heavy (non-hydrogen) atoms. The van der Waals surface area contributed by atoms with Crippen molar-refractivity contribution in [3.8, 4) is 0 Å². The third kappa shape index (κ3) is 6.06. The average molecular weight is 282 g/mol. The highest BCUT2D eigenvalue weighted by molar-refractivity contribution is 5.84. The average Bonchev–Trinajstić information content (AvgIpc) is 2.71. The second-order valence-electron chi connectivity index (χ2n) is 5.97. The van der Waals surface area contributed by atoms with Crippen molar-refractivity contribution in [2.75, 3.05) is 5.32 Å². The number of hydrogen-bond donors (Lipinski definition) is 3. The minimum absolute atomic E-state index is 0.435. The van der Waals surface area contributed by atoms with Gasteiger partial charge in [-0.1, -0.05) is 13.3 Å². The van der Waals surface area contributed by atoms with Gasteiger partial charge in [0.25, 0.3) is 0 Å². The van der Waals surface area contributed by atoms with Crippen molar-refractivity contribution in [1.29, 1.82) is 0 Å². The van der Waals surface area contributed by atoms with E-state index in [1.165, 1.54) is 0 Å². The molecule has 1 unspecified atom stereocenters. The molecule has 6 nitrogen and oxygen atoms in total. The van der Waals surface area contributed by atoms with Gasteiger partial charge in [-0.25, -0.2) is 4.79 Å². The molecule has 1 atom stereocenters. The zero-order valence-corrected chi connectivity index (χ0v) is 13.0. The fourth-order valence-electron chi connectivity index (χ4n) is 1.78. The Labute approximate surface area is 120 Å². The molecule has 0 bridgehead atoms. The lowest BCUT2D eigenvalue weighted by Gasteiger charge is -2.19. The Hall–Kier alpha value is -1.56. The van der Waals surface area contributed by atoms with Gasteiger partial charge in [-0.2, -0.15) is 5.10 Å². The van der Waals surface area contributed by atoms with Crippen LogP contribution in [0.2, 0.25) is 0 Å². The first-order valence-corrected chi connectivity index (χ1v) is 7.07. The summed E-state index contributed by atoms with van der Waals surface area (Å²) in [6, 6.07) is 0.435. The number of nitrogens with zero attached hydrogens (tertiary/aromatic N) is 1. The number of H-pyrrole nitrogens is 1. The zero-order valence-electron chi connectivity index (χ0n) is 13.0. The molecule has 6 heteroatoms. The maximum Gasteiger partial charge on any atom is 0.413 e. The Bertz CT molecular complexity index is 423. The fraction of sp³-hybridized carbons (Fsp3) is 0.714. The molecule has 0 saturated heterocycles. The predicted molar refractivity (Wildman–Crippen MR) is 79.7 cm³/mol. The van der Waals surface area contributed by atoms with Crippen LogP contribution >= 0.6 is 0 Å². The van der Waals surface area contributed by atoms with E-state index in [1.807, 2.05) is 20.8 Å². The van der Waals surface area contributed by atoms with Crippen LogP contribution in [-0.2, 0) is 11.3 Å². The van der Waals surface area contributed by atoms with Gasteiger partial charge in [0.05, 0.1) is 6.20 Å². The largest absolute Gasteiger partial charge is 0.444 e. The Morgan fingerprint density at radius 2 is 2.20 bits per heavy atom. The molecule has 0 aliphatic heterocycles. The summed E-state index contributed by atoms with van der Waals surface area (Å²) in [6.45, 7) is 10.4. The number of aromatic amines is 1. The third-order valence-electron chi connectivity index (χ3n) is 2.71. The van der Waals surface area contributed by atoms with Crippen molar-refractivity contribution in [2.24, 2.45) is 0 Å². The summed E-state index contributed by atoms with van der Waals surface area (Å²) in [4.78, 5) is 11.7. The van der Waals surface area contributed by atoms with Crippen molar-refractivity contribution in [2.45, 2.75) is 65.6 Å². The molecule has 1 aromatic heterocycles. The van der Waals surface area contributed by atoms with Crippen molar-refractivity contribution >= 4 is 11.9 Å². The molecular formula is C14H26N4O2. The van der Waals surface area contributed by atoms with Crippen molar-refractivity contribution in [3.05, 3.63) is 11.8 Å². The van der Waals surface area contributed by atoms with E-state index in [0.29, 0.717) is 18.4 Å². The molecule has 3 N–H and O–H groups in total. The van der Waals surface area contributed by atoms with E-state index in [1.54, 1.807) is 6.20 Å². The topological polar surface area (TPSA) is 79.0 Å². The summed E-state index contributed by atoms with van der Waals surface area (Å²) < 4.78 is 5.21. The van der Waals surface area contributed by atoms with Gasteiger partial charge in [-0.15, -0.1) is 0 Å². The molecule has 0 aliphatic carbocycles. The normalized spacial score (nSPS) is 13.1. The summed E-state index contributed by atoms with van der Waals surface area (Å²) in [5.41, 5.74) is 0.400. The number of rotatable bonds is 6. The molecule has 0 aromatic carbocycles. The van der Waals surface area contributed by atoms with Crippen molar-refractivity contribution in [3.63, 3.8) is 0 Å². The van der Waals surface area contributed by atoms with Crippen LogP contribution < -0.4 is 10.6 Å². The maximum absolute atomic E-state index is 11.7. The van der Waals surface area contributed by atoms with E-state index in [0.717, 1.165) is 18.4 Å². The number of anilines is 1. The van der Waals surface area contributed by atoms with Crippen LogP contribution in [0.1, 0.15) is 53.0 Å². The number of carbonyl (C=O) groups excluding carboxylic acids is 1. The summed E-state index contributed by atoms with van der Waals surface area (Å²) in [5.74, 6) is 0.579. The fourth-order valence-corrected chi connectivity index (χ4v) is 1.78. The monoisotopic (exact) mass is 282 g/mol. The van der Waals surface area contributed by atoms with Crippen LogP contribution in [0.15, 0.2) is 6.20 Å². The Kier molecular flexibility index (Phi) is 6.01. The highest BCUT2D eigenvalue weighted by atomic mass is 16.6.